The average molecular weight is 258 g/mol. The fraction of sp³-hybridized carbons (Fsp3) is 0.625. The summed E-state index contributed by atoms with van der Waals surface area (Å²) in [5.74, 6) is 0.591. The number of hydrogen-bond acceptors (Lipinski definition) is 2. The minimum atomic E-state index is 0.198. The number of pyridine rings is 1. The van der Waals surface area contributed by atoms with Gasteiger partial charge in [-0.15, -0.1) is 0 Å². The highest BCUT2D eigenvalue weighted by molar-refractivity contribution is 5.81. The second-order valence-corrected chi connectivity index (χ2v) is 5.87. The molecule has 1 atom stereocenters. The fourth-order valence-corrected chi connectivity index (χ4v) is 3.51. The third-order valence-electron chi connectivity index (χ3n) is 4.60. The summed E-state index contributed by atoms with van der Waals surface area (Å²) >= 11 is 0. The Morgan fingerprint density at radius 2 is 1.84 bits per heavy atom. The van der Waals surface area contributed by atoms with Crippen molar-refractivity contribution < 1.29 is 4.79 Å². The molecule has 3 heteroatoms. The van der Waals surface area contributed by atoms with Crippen LogP contribution in [0, 0.1) is 5.92 Å². The van der Waals surface area contributed by atoms with E-state index < -0.39 is 0 Å². The summed E-state index contributed by atoms with van der Waals surface area (Å²) < 4.78 is 0. The Labute approximate surface area is 115 Å². The van der Waals surface area contributed by atoms with E-state index in [9.17, 15) is 4.79 Å². The lowest BCUT2D eigenvalue weighted by Gasteiger charge is -2.31. The largest absolute Gasteiger partial charge is 0.339 e. The predicted octanol–water partition coefficient (Wildman–Crippen LogP) is 2.81. The van der Waals surface area contributed by atoms with Crippen molar-refractivity contribution in [1.82, 2.24) is 9.88 Å². The van der Waals surface area contributed by atoms with Crippen LogP contribution in [0.15, 0.2) is 24.5 Å². The predicted molar refractivity (Wildman–Crippen MR) is 74.6 cm³/mol. The molecule has 2 aliphatic rings. The molecule has 1 aliphatic carbocycles. The maximum Gasteiger partial charge on any atom is 0.226 e. The number of aromatic nitrogens is 1. The molecule has 0 radical (unpaired) electrons. The van der Waals surface area contributed by atoms with Crippen molar-refractivity contribution in [3.05, 3.63) is 30.1 Å². The van der Waals surface area contributed by atoms with Crippen LogP contribution in [-0.2, 0) is 11.2 Å². The molecule has 1 aromatic rings. The van der Waals surface area contributed by atoms with Gasteiger partial charge in [-0.05, 0) is 43.4 Å². The van der Waals surface area contributed by atoms with Gasteiger partial charge in [-0.1, -0.05) is 19.3 Å². The highest BCUT2D eigenvalue weighted by Gasteiger charge is 2.35. The van der Waals surface area contributed by atoms with Crippen LogP contribution in [0.4, 0.5) is 0 Å². The number of nitrogens with zero attached hydrogens (tertiary/aromatic N) is 2. The number of rotatable bonds is 3. The standard InChI is InChI=1S/C16H22N2O/c19-16-14(12-13-6-9-17-10-7-13)8-11-18(16)15-4-2-1-3-5-15/h6-7,9-10,14-15H,1-5,8,11-12H2. The molecule has 1 aliphatic heterocycles. The van der Waals surface area contributed by atoms with E-state index in [1.807, 2.05) is 24.5 Å². The van der Waals surface area contributed by atoms with Crippen LogP contribution in [0.2, 0.25) is 0 Å². The summed E-state index contributed by atoms with van der Waals surface area (Å²) in [7, 11) is 0. The molecule has 2 heterocycles. The lowest BCUT2D eigenvalue weighted by atomic mass is 9.94. The summed E-state index contributed by atoms with van der Waals surface area (Å²) in [5.41, 5.74) is 1.24. The van der Waals surface area contributed by atoms with Crippen LogP contribution in [-0.4, -0.2) is 28.4 Å². The van der Waals surface area contributed by atoms with Crippen molar-refractivity contribution in [2.75, 3.05) is 6.54 Å². The van der Waals surface area contributed by atoms with Gasteiger partial charge in [-0.3, -0.25) is 9.78 Å². The summed E-state index contributed by atoms with van der Waals surface area (Å²) in [4.78, 5) is 18.7. The van der Waals surface area contributed by atoms with E-state index in [1.54, 1.807) is 0 Å². The maximum atomic E-state index is 12.5. The van der Waals surface area contributed by atoms with Crippen LogP contribution in [0.3, 0.4) is 0 Å². The van der Waals surface area contributed by atoms with E-state index in [2.05, 4.69) is 9.88 Å². The molecule has 2 fully saturated rings. The SMILES string of the molecule is O=C1C(Cc2ccncc2)CCN1C1CCCCC1. The molecular weight excluding hydrogens is 236 g/mol. The zero-order chi connectivity index (χ0) is 13.1. The summed E-state index contributed by atoms with van der Waals surface area (Å²) in [6.07, 6.45) is 11.9. The van der Waals surface area contributed by atoms with Gasteiger partial charge in [0.1, 0.15) is 0 Å². The molecule has 1 amide bonds. The first-order valence-corrected chi connectivity index (χ1v) is 7.54. The number of likely N-dealkylation sites (tertiary alicyclic amines) is 1. The first-order chi connectivity index (χ1) is 9.34. The van der Waals surface area contributed by atoms with E-state index in [4.69, 9.17) is 0 Å². The minimum absolute atomic E-state index is 0.198. The van der Waals surface area contributed by atoms with Gasteiger partial charge in [-0.25, -0.2) is 0 Å². The topological polar surface area (TPSA) is 33.2 Å². The highest BCUT2D eigenvalue weighted by Crippen LogP contribution is 2.30. The molecule has 0 N–H and O–H groups in total. The first-order valence-electron chi connectivity index (χ1n) is 7.54. The Bertz CT molecular complexity index is 426. The first kappa shape index (κ1) is 12.6. The molecule has 1 saturated carbocycles. The Kier molecular flexibility index (Phi) is 3.81. The number of hydrogen-bond donors (Lipinski definition) is 0. The van der Waals surface area contributed by atoms with Crippen LogP contribution in [0.5, 0.6) is 0 Å². The van der Waals surface area contributed by atoms with E-state index >= 15 is 0 Å². The van der Waals surface area contributed by atoms with Crippen molar-refractivity contribution in [2.24, 2.45) is 5.92 Å². The molecule has 0 aromatic carbocycles. The van der Waals surface area contributed by atoms with E-state index in [0.717, 1.165) is 19.4 Å². The lowest BCUT2D eigenvalue weighted by molar-refractivity contribution is -0.133. The van der Waals surface area contributed by atoms with Gasteiger partial charge in [0.2, 0.25) is 5.91 Å². The highest BCUT2D eigenvalue weighted by atomic mass is 16.2. The van der Waals surface area contributed by atoms with Gasteiger partial charge in [0.15, 0.2) is 0 Å². The average Bonchev–Trinajstić information content (AvgIpc) is 2.82. The second-order valence-electron chi connectivity index (χ2n) is 5.87. The maximum absolute atomic E-state index is 12.5. The van der Waals surface area contributed by atoms with Crippen molar-refractivity contribution in [3.63, 3.8) is 0 Å². The molecule has 3 nitrogen and oxygen atoms in total. The van der Waals surface area contributed by atoms with E-state index in [1.165, 1.54) is 37.7 Å². The molecule has 1 unspecified atom stereocenters. The van der Waals surface area contributed by atoms with Gasteiger partial charge >= 0.3 is 0 Å². The van der Waals surface area contributed by atoms with Gasteiger partial charge in [-0.2, -0.15) is 0 Å². The number of carbonyl (C=O) groups is 1. The van der Waals surface area contributed by atoms with Crippen LogP contribution >= 0.6 is 0 Å². The van der Waals surface area contributed by atoms with Crippen LogP contribution in [0.1, 0.15) is 44.1 Å². The third kappa shape index (κ3) is 2.80. The molecule has 0 spiro atoms. The molecule has 1 aromatic heterocycles. The fourth-order valence-electron chi connectivity index (χ4n) is 3.51. The van der Waals surface area contributed by atoms with Crippen LogP contribution < -0.4 is 0 Å². The minimum Gasteiger partial charge on any atom is -0.339 e. The Morgan fingerprint density at radius 3 is 2.58 bits per heavy atom. The van der Waals surface area contributed by atoms with Crippen LogP contribution in [0.25, 0.3) is 0 Å². The van der Waals surface area contributed by atoms with Crippen molar-refractivity contribution >= 4 is 5.91 Å². The summed E-state index contributed by atoms with van der Waals surface area (Å²) in [6.45, 7) is 0.971. The van der Waals surface area contributed by atoms with Crippen molar-refractivity contribution in [3.8, 4) is 0 Å². The Hall–Kier alpha value is -1.38. The third-order valence-corrected chi connectivity index (χ3v) is 4.60. The summed E-state index contributed by atoms with van der Waals surface area (Å²) in [6, 6.07) is 4.58. The molecular formula is C16H22N2O. The van der Waals surface area contributed by atoms with Gasteiger partial charge < -0.3 is 4.90 Å². The van der Waals surface area contributed by atoms with Gasteiger partial charge in [0.25, 0.3) is 0 Å². The normalized spacial score (nSPS) is 24.9. The lowest BCUT2D eigenvalue weighted by Crippen LogP contribution is -2.39. The summed E-state index contributed by atoms with van der Waals surface area (Å²) in [5, 5.41) is 0. The second kappa shape index (κ2) is 5.72. The van der Waals surface area contributed by atoms with E-state index in [-0.39, 0.29) is 5.92 Å². The van der Waals surface area contributed by atoms with Crippen molar-refractivity contribution in [1.29, 1.82) is 0 Å². The monoisotopic (exact) mass is 258 g/mol. The molecule has 19 heavy (non-hydrogen) atoms. The Balaban J connectivity index is 1.62. The smallest absolute Gasteiger partial charge is 0.226 e. The number of carbonyl (C=O) groups excluding carboxylic acids is 1. The Morgan fingerprint density at radius 1 is 1.11 bits per heavy atom. The van der Waals surface area contributed by atoms with Gasteiger partial charge in [0.05, 0.1) is 0 Å². The number of amides is 1. The quantitative estimate of drug-likeness (QED) is 0.835. The molecule has 3 rings (SSSR count). The van der Waals surface area contributed by atoms with E-state index in [0.29, 0.717) is 11.9 Å². The molecule has 102 valence electrons. The molecule has 0 bridgehead atoms. The zero-order valence-electron chi connectivity index (χ0n) is 11.4. The molecule has 1 saturated heterocycles. The van der Waals surface area contributed by atoms with Gasteiger partial charge in [0, 0.05) is 30.9 Å². The van der Waals surface area contributed by atoms with Crippen molar-refractivity contribution in [2.45, 2.75) is 51.0 Å². The zero-order valence-corrected chi connectivity index (χ0v) is 11.4.